The van der Waals surface area contributed by atoms with Crippen LogP contribution in [0.15, 0.2) is 0 Å². The van der Waals surface area contributed by atoms with Gasteiger partial charge in [0.2, 0.25) is 0 Å². The van der Waals surface area contributed by atoms with E-state index in [9.17, 15) is 4.57 Å². The second-order valence-electron chi connectivity index (χ2n) is 3.04. The van der Waals surface area contributed by atoms with Crippen LogP contribution < -0.4 is 0 Å². The van der Waals surface area contributed by atoms with E-state index in [2.05, 4.69) is 0 Å². The van der Waals surface area contributed by atoms with E-state index < -0.39 is 33.0 Å². The number of aliphatic hydroxyl groups excluding tert-OH is 4. The molecule has 0 spiro atoms. The summed E-state index contributed by atoms with van der Waals surface area (Å²) in [5, 5.41) is 34.7. The molecule has 15 heavy (non-hydrogen) atoms. The van der Waals surface area contributed by atoms with E-state index in [1.807, 2.05) is 0 Å². The molecule has 0 aromatic rings. The van der Waals surface area contributed by atoms with E-state index in [4.69, 9.17) is 29.5 Å². The Labute approximate surface area is 87.8 Å². The summed E-state index contributed by atoms with van der Waals surface area (Å²) >= 11 is 0. The molecule has 8 heteroatoms. The zero-order valence-electron chi connectivity index (χ0n) is 8.44. The highest BCUT2D eigenvalue weighted by Crippen LogP contribution is 2.43. The van der Waals surface area contributed by atoms with Crippen LogP contribution in [-0.2, 0) is 13.6 Å². The van der Waals surface area contributed by atoms with Gasteiger partial charge in [-0.2, -0.15) is 0 Å². The average molecular weight is 244 g/mol. The summed E-state index contributed by atoms with van der Waals surface area (Å²) in [4.78, 5) is 0. The highest BCUT2D eigenvalue weighted by Gasteiger charge is 2.20. The summed E-state index contributed by atoms with van der Waals surface area (Å²) in [5.74, 6) is 0. The molecule has 0 fully saturated rings. The molecular weight excluding hydrogens is 227 g/mol. The van der Waals surface area contributed by atoms with Crippen LogP contribution in [0.2, 0.25) is 0 Å². The van der Waals surface area contributed by atoms with Gasteiger partial charge in [0, 0.05) is 6.66 Å². The molecular formula is C7H17O7P. The van der Waals surface area contributed by atoms with Gasteiger partial charge in [0.05, 0.1) is 26.4 Å². The van der Waals surface area contributed by atoms with Crippen LogP contribution in [0.4, 0.5) is 0 Å². The number of hydrogen-bond donors (Lipinski definition) is 4. The van der Waals surface area contributed by atoms with Crippen molar-refractivity contribution >= 4 is 7.60 Å². The van der Waals surface area contributed by atoms with Crippen LogP contribution in [-0.4, -0.2) is 65.7 Å². The van der Waals surface area contributed by atoms with Crippen LogP contribution in [0.3, 0.4) is 0 Å². The first kappa shape index (κ1) is 15.0. The van der Waals surface area contributed by atoms with E-state index in [-0.39, 0.29) is 13.2 Å². The van der Waals surface area contributed by atoms with E-state index in [1.54, 1.807) is 0 Å². The van der Waals surface area contributed by atoms with Crippen molar-refractivity contribution in [2.45, 2.75) is 12.2 Å². The minimum absolute atomic E-state index is 0.320. The highest BCUT2D eigenvalue weighted by atomic mass is 31.2. The van der Waals surface area contributed by atoms with Crippen molar-refractivity contribution in [3.63, 3.8) is 0 Å². The van der Waals surface area contributed by atoms with Gasteiger partial charge in [-0.05, 0) is 0 Å². The average Bonchev–Trinajstić information content (AvgIpc) is 2.22. The summed E-state index contributed by atoms with van der Waals surface area (Å²) in [6.45, 7) is -0.473. The number of aliphatic hydroxyl groups is 4. The van der Waals surface area contributed by atoms with Crippen LogP contribution in [0.5, 0.6) is 0 Å². The van der Waals surface area contributed by atoms with E-state index in [0.717, 1.165) is 0 Å². The van der Waals surface area contributed by atoms with Crippen LogP contribution in [0.25, 0.3) is 0 Å². The van der Waals surface area contributed by atoms with Gasteiger partial charge in [0.1, 0.15) is 12.2 Å². The third-order valence-electron chi connectivity index (χ3n) is 1.42. The first-order valence-corrected chi connectivity index (χ1v) is 6.34. The summed E-state index contributed by atoms with van der Waals surface area (Å²) in [6.07, 6.45) is -2.24. The molecule has 4 N–H and O–H groups in total. The molecule has 0 heterocycles. The fourth-order valence-corrected chi connectivity index (χ4v) is 1.55. The Morgan fingerprint density at radius 3 is 1.67 bits per heavy atom. The lowest BCUT2D eigenvalue weighted by molar-refractivity contribution is 0.0297. The first-order chi connectivity index (χ1) is 6.91. The zero-order valence-corrected chi connectivity index (χ0v) is 9.34. The summed E-state index contributed by atoms with van der Waals surface area (Å²) in [5.41, 5.74) is 0. The number of rotatable bonds is 8. The van der Waals surface area contributed by atoms with E-state index in [1.165, 1.54) is 6.66 Å². The minimum atomic E-state index is -3.37. The van der Waals surface area contributed by atoms with Gasteiger partial charge in [-0.25, -0.2) is 0 Å². The van der Waals surface area contributed by atoms with Crippen molar-refractivity contribution in [2.24, 2.45) is 0 Å². The lowest BCUT2D eigenvalue weighted by Crippen LogP contribution is -2.21. The van der Waals surface area contributed by atoms with Crippen molar-refractivity contribution < 1.29 is 34.0 Å². The smallest absolute Gasteiger partial charge is 0.327 e. The van der Waals surface area contributed by atoms with Crippen LogP contribution in [0.1, 0.15) is 0 Å². The lowest BCUT2D eigenvalue weighted by Gasteiger charge is -2.17. The van der Waals surface area contributed by atoms with Gasteiger partial charge in [0.25, 0.3) is 0 Å². The third kappa shape index (κ3) is 7.87. The zero-order chi connectivity index (χ0) is 11.9. The van der Waals surface area contributed by atoms with Crippen molar-refractivity contribution in [2.75, 3.05) is 33.1 Å². The minimum Gasteiger partial charge on any atom is -0.394 e. The Balaban J connectivity index is 3.81. The Hall–Kier alpha value is -0.0100. The normalized spacial score (nSPS) is 19.5. The maximum absolute atomic E-state index is 11.4. The molecule has 0 amide bonds. The molecule has 0 saturated heterocycles. The molecule has 0 aliphatic carbocycles. The second kappa shape index (κ2) is 7.29. The largest absolute Gasteiger partial charge is 0.394 e. The standard InChI is InChI=1S/C7H17O7P/c1-15(12,13-4-6(10)2-8)14-5-7(11)3-9/h6-11H,2-5H2,1H3. The van der Waals surface area contributed by atoms with Gasteiger partial charge in [-0.1, -0.05) is 0 Å². The molecule has 0 aliphatic rings. The SMILES string of the molecule is CP(=O)(OCC(O)CO)OCC(O)CO. The van der Waals surface area contributed by atoms with Crippen LogP contribution >= 0.6 is 7.60 Å². The molecule has 0 aromatic heterocycles. The van der Waals surface area contributed by atoms with E-state index >= 15 is 0 Å². The van der Waals surface area contributed by atoms with Gasteiger partial charge >= 0.3 is 7.60 Å². The molecule has 2 unspecified atom stereocenters. The summed E-state index contributed by atoms with van der Waals surface area (Å²) in [7, 11) is -3.37. The Morgan fingerprint density at radius 1 is 1.07 bits per heavy atom. The van der Waals surface area contributed by atoms with Crippen LogP contribution in [0, 0.1) is 0 Å². The molecule has 92 valence electrons. The second-order valence-corrected chi connectivity index (χ2v) is 5.09. The molecule has 0 radical (unpaired) electrons. The van der Waals surface area contributed by atoms with Crippen molar-refractivity contribution in [3.8, 4) is 0 Å². The van der Waals surface area contributed by atoms with Gasteiger partial charge in [0.15, 0.2) is 0 Å². The maximum Gasteiger partial charge on any atom is 0.327 e. The first-order valence-electron chi connectivity index (χ1n) is 4.35. The fraction of sp³-hybridized carbons (Fsp3) is 1.00. The lowest BCUT2D eigenvalue weighted by atomic mass is 10.4. The fourth-order valence-electron chi connectivity index (χ4n) is 0.586. The molecule has 0 bridgehead atoms. The summed E-state index contributed by atoms with van der Waals surface area (Å²) in [6, 6.07) is 0. The molecule has 0 saturated carbocycles. The van der Waals surface area contributed by atoms with Gasteiger partial charge in [-0.15, -0.1) is 0 Å². The molecule has 0 rings (SSSR count). The quantitative estimate of drug-likeness (QED) is 0.386. The van der Waals surface area contributed by atoms with Crippen molar-refractivity contribution in [3.05, 3.63) is 0 Å². The van der Waals surface area contributed by atoms with Gasteiger partial charge < -0.3 is 29.5 Å². The number of hydrogen-bond acceptors (Lipinski definition) is 7. The maximum atomic E-state index is 11.4. The monoisotopic (exact) mass is 244 g/mol. The van der Waals surface area contributed by atoms with Crippen molar-refractivity contribution in [1.82, 2.24) is 0 Å². The summed E-state index contributed by atoms with van der Waals surface area (Å²) < 4.78 is 20.8. The molecule has 7 nitrogen and oxygen atoms in total. The Morgan fingerprint density at radius 2 is 1.40 bits per heavy atom. The van der Waals surface area contributed by atoms with Crippen molar-refractivity contribution in [1.29, 1.82) is 0 Å². The Bertz CT molecular complexity index is 192. The Kier molecular flexibility index (Phi) is 7.29. The third-order valence-corrected chi connectivity index (χ3v) is 2.66. The molecule has 0 aliphatic heterocycles. The molecule has 0 aromatic carbocycles. The molecule has 2 atom stereocenters. The predicted octanol–water partition coefficient (Wildman–Crippen LogP) is -1.45. The highest BCUT2D eigenvalue weighted by molar-refractivity contribution is 7.52. The van der Waals surface area contributed by atoms with Gasteiger partial charge in [-0.3, -0.25) is 4.57 Å². The van der Waals surface area contributed by atoms with E-state index in [0.29, 0.717) is 0 Å². The predicted molar refractivity (Wildman–Crippen MR) is 51.6 cm³/mol. The topological polar surface area (TPSA) is 116 Å².